The van der Waals surface area contributed by atoms with Crippen LogP contribution >= 0.6 is 0 Å². The molecule has 3 nitrogen and oxygen atoms in total. The summed E-state index contributed by atoms with van der Waals surface area (Å²) in [6, 6.07) is 7.19. The number of carbonyl (C=O) groups excluding carboxylic acids is 2. The predicted octanol–water partition coefficient (Wildman–Crippen LogP) is 5.02. The summed E-state index contributed by atoms with van der Waals surface area (Å²) in [6.07, 6.45) is 8.24. The first-order chi connectivity index (χ1) is 12.0. The van der Waals surface area contributed by atoms with Gasteiger partial charge in [-0.1, -0.05) is 31.2 Å². The molecule has 0 bridgehead atoms. The van der Waals surface area contributed by atoms with Gasteiger partial charge < -0.3 is 5.11 Å². The highest BCUT2D eigenvalue weighted by atomic mass is 16.3. The highest BCUT2D eigenvalue weighted by molar-refractivity contribution is 5.86. The zero-order valence-electron chi connectivity index (χ0n) is 15.3. The summed E-state index contributed by atoms with van der Waals surface area (Å²) in [5, 5.41) is 9.88. The van der Waals surface area contributed by atoms with Crippen LogP contribution in [0.2, 0.25) is 0 Å². The lowest BCUT2D eigenvalue weighted by Crippen LogP contribution is -2.37. The van der Waals surface area contributed by atoms with E-state index in [1.165, 1.54) is 0 Å². The van der Waals surface area contributed by atoms with Gasteiger partial charge in [0.05, 0.1) is 0 Å². The fraction of sp³-hybridized carbons (Fsp3) is 0.545. The molecule has 25 heavy (non-hydrogen) atoms. The standard InChI is InChI=1S/C22H30O3/c1-3-7-19(23)18-12-15-22(14-4-2,16-13-18)21(25)11-10-17-8-5-6-9-20(17)24/h4-6,8-9,18,24H,2-3,7,10-16H2,1H3. The monoisotopic (exact) mass is 342 g/mol. The van der Waals surface area contributed by atoms with E-state index in [0.717, 1.165) is 37.7 Å². The summed E-state index contributed by atoms with van der Waals surface area (Å²) < 4.78 is 0. The molecule has 1 aliphatic carbocycles. The van der Waals surface area contributed by atoms with E-state index in [4.69, 9.17) is 0 Å². The van der Waals surface area contributed by atoms with Gasteiger partial charge in [0.15, 0.2) is 0 Å². The molecular formula is C22H30O3. The van der Waals surface area contributed by atoms with Crippen LogP contribution in [0, 0.1) is 11.3 Å². The molecule has 0 aromatic heterocycles. The van der Waals surface area contributed by atoms with Crippen LogP contribution in [0.15, 0.2) is 36.9 Å². The summed E-state index contributed by atoms with van der Waals surface area (Å²) in [4.78, 5) is 25.1. The Kier molecular flexibility index (Phi) is 6.98. The number of rotatable bonds is 9. The lowest BCUT2D eigenvalue weighted by atomic mass is 9.64. The van der Waals surface area contributed by atoms with Crippen molar-refractivity contribution in [3.63, 3.8) is 0 Å². The van der Waals surface area contributed by atoms with Gasteiger partial charge in [0.1, 0.15) is 17.3 Å². The van der Waals surface area contributed by atoms with Crippen LogP contribution in [0.5, 0.6) is 5.75 Å². The van der Waals surface area contributed by atoms with Gasteiger partial charge in [-0.25, -0.2) is 0 Å². The van der Waals surface area contributed by atoms with Crippen molar-refractivity contribution >= 4 is 11.6 Å². The van der Waals surface area contributed by atoms with Gasteiger partial charge in [0.2, 0.25) is 0 Å². The number of allylic oxidation sites excluding steroid dienone is 1. The molecule has 0 saturated heterocycles. The molecular weight excluding hydrogens is 312 g/mol. The Balaban J connectivity index is 2.00. The number of phenols is 1. The number of aryl methyl sites for hydroxylation is 1. The molecule has 1 N–H and O–H groups in total. The molecule has 0 atom stereocenters. The lowest BCUT2D eigenvalue weighted by molar-refractivity contribution is -0.134. The summed E-state index contributed by atoms with van der Waals surface area (Å²) in [5.41, 5.74) is 0.450. The number of para-hydroxylation sites is 1. The van der Waals surface area contributed by atoms with Gasteiger partial charge >= 0.3 is 0 Å². The van der Waals surface area contributed by atoms with Crippen molar-refractivity contribution in [3.05, 3.63) is 42.5 Å². The minimum absolute atomic E-state index is 0.129. The van der Waals surface area contributed by atoms with Crippen molar-refractivity contribution in [1.29, 1.82) is 0 Å². The number of phenolic OH excluding ortho intramolecular Hbond substituents is 1. The first-order valence-electron chi connectivity index (χ1n) is 9.46. The molecule has 0 amide bonds. The van der Waals surface area contributed by atoms with Crippen LogP contribution in [0.4, 0.5) is 0 Å². The van der Waals surface area contributed by atoms with Crippen LogP contribution in [0.1, 0.15) is 63.9 Å². The van der Waals surface area contributed by atoms with Crippen molar-refractivity contribution in [2.75, 3.05) is 0 Å². The van der Waals surface area contributed by atoms with Gasteiger partial charge in [-0.3, -0.25) is 9.59 Å². The number of hydrogen-bond donors (Lipinski definition) is 1. The van der Waals surface area contributed by atoms with Crippen molar-refractivity contribution in [3.8, 4) is 5.75 Å². The molecule has 1 aromatic rings. The molecule has 0 spiro atoms. The van der Waals surface area contributed by atoms with Crippen LogP contribution in [-0.2, 0) is 16.0 Å². The number of ketones is 2. The lowest BCUT2D eigenvalue weighted by Gasteiger charge is -2.38. The molecule has 0 heterocycles. The average Bonchev–Trinajstić information content (AvgIpc) is 2.61. The third-order valence-corrected chi connectivity index (χ3v) is 5.63. The average molecular weight is 342 g/mol. The minimum Gasteiger partial charge on any atom is -0.508 e. The third-order valence-electron chi connectivity index (χ3n) is 5.63. The van der Waals surface area contributed by atoms with E-state index in [2.05, 4.69) is 6.58 Å². The molecule has 1 fully saturated rings. The molecule has 2 rings (SSSR count). The van der Waals surface area contributed by atoms with E-state index in [1.807, 2.05) is 25.1 Å². The number of hydrogen-bond acceptors (Lipinski definition) is 3. The first-order valence-corrected chi connectivity index (χ1v) is 9.46. The topological polar surface area (TPSA) is 54.4 Å². The van der Waals surface area contributed by atoms with Crippen LogP contribution in [0.25, 0.3) is 0 Å². The number of aromatic hydroxyl groups is 1. The fourth-order valence-corrected chi connectivity index (χ4v) is 4.05. The Morgan fingerprint density at radius 3 is 2.52 bits per heavy atom. The van der Waals surface area contributed by atoms with E-state index in [1.54, 1.807) is 12.1 Å². The van der Waals surface area contributed by atoms with Crippen LogP contribution in [-0.4, -0.2) is 16.7 Å². The van der Waals surface area contributed by atoms with E-state index in [9.17, 15) is 14.7 Å². The van der Waals surface area contributed by atoms with Crippen molar-refractivity contribution in [2.45, 2.75) is 64.7 Å². The number of Topliss-reactive ketones (excluding diaryl/α,β-unsaturated/α-hetero) is 2. The highest BCUT2D eigenvalue weighted by Crippen LogP contribution is 2.44. The maximum Gasteiger partial charge on any atom is 0.139 e. The molecule has 1 aromatic carbocycles. The smallest absolute Gasteiger partial charge is 0.139 e. The second-order valence-corrected chi connectivity index (χ2v) is 7.32. The SMILES string of the molecule is C=CCC1(C(=O)CCc2ccccc2O)CCC(C(=O)CCC)CC1. The molecule has 136 valence electrons. The maximum absolute atomic E-state index is 13.0. The molecule has 1 aliphatic rings. The highest BCUT2D eigenvalue weighted by Gasteiger charge is 2.41. The van der Waals surface area contributed by atoms with Crippen LogP contribution < -0.4 is 0 Å². The van der Waals surface area contributed by atoms with Crippen molar-refractivity contribution in [1.82, 2.24) is 0 Å². The Bertz CT molecular complexity index is 609. The van der Waals surface area contributed by atoms with Crippen LogP contribution in [0.3, 0.4) is 0 Å². The first kappa shape index (κ1) is 19.4. The Morgan fingerprint density at radius 2 is 1.92 bits per heavy atom. The van der Waals surface area contributed by atoms with E-state index in [-0.39, 0.29) is 22.9 Å². The zero-order chi connectivity index (χ0) is 18.3. The van der Waals surface area contributed by atoms with Gasteiger partial charge in [-0.2, -0.15) is 0 Å². The Hall–Kier alpha value is -1.90. The summed E-state index contributed by atoms with van der Waals surface area (Å²) in [6.45, 7) is 5.87. The van der Waals surface area contributed by atoms with E-state index in [0.29, 0.717) is 31.5 Å². The normalized spacial score (nSPS) is 23.2. The zero-order valence-corrected chi connectivity index (χ0v) is 15.3. The maximum atomic E-state index is 13.0. The van der Waals surface area contributed by atoms with Gasteiger partial charge in [-0.05, 0) is 56.6 Å². The quantitative estimate of drug-likeness (QED) is 0.641. The number of carbonyl (C=O) groups is 2. The van der Waals surface area contributed by atoms with Gasteiger partial charge in [0.25, 0.3) is 0 Å². The van der Waals surface area contributed by atoms with E-state index >= 15 is 0 Å². The number of benzene rings is 1. The van der Waals surface area contributed by atoms with E-state index < -0.39 is 0 Å². The largest absolute Gasteiger partial charge is 0.508 e. The summed E-state index contributed by atoms with van der Waals surface area (Å²) >= 11 is 0. The minimum atomic E-state index is -0.366. The second-order valence-electron chi connectivity index (χ2n) is 7.32. The Labute approximate surface area is 151 Å². The molecule has 0 radical (unpaired) electrons. The Morgan fingerprint density at radius 1 is 1.24 bits per heavy atom. The second kappa shape index (κ2) is 8.98. The predicted molar refractivity (Wildman–Crippen MR) is 101 cm³/mol. The molecule has 3 heteroatoms. The van der Waals surface area contributed by atoms with Gasteiger partial charge in [0, 0.05) is 24.2 Å². The fourth-order valence-electron chi connectivity index (χ4n) is 4.05. The summed E-state index contributed by atoms with van der Waals surface area (Å²) in [5.74, 6) is 0.985. The third kappa shape index (κ3) is 4.81. The molecule has 0 aliphatic heterocycles. The van der Waals surface area contributed by atoms with Crippen molar-refractivity contribution < 1.29 is 14.7 Å². The summed E-state index contributed by atoms with van der Waals surface area (Å²) in [7, 11) is 0. The molecule has 0 unspecified atom stereocenters. The van der Waals surface area contributed by atoms with Crippen molar-refractivity contribution in [2.24, 2.45) is 11.3 Å². The van der Waals surface area contributed by atoms with Gasteiger partial charge in [-0.15, -0.1) is 6.58 Å². The molecule has 1 saturated carbocycles.